The molecule has 18 heavy (non-hydrogen) atoms. The number of benzene rings is 1. The predicted octanol–water partition coefficient (Wildman–Crippen LogP) is 1.02. The molecule has 0 unspecified atom stereocenters. The molecule has 2 N–H and O–H groups in total. The fraction of sp³-hybridized carbons (Fsp3) is 0.273. The lowest BCUT2D eigenvalue weighted by Crippen LogP contribution is -2.25. The number of carbonyl (C=O) groups is 1. The van der Waals surface area contributed by atoms with Crippen molar-refractivity contribution in [1.82, 2.24) is 0 Å². The normalized spacial score (nSPS) is 12.4. The lowest BCUT2D eigenvalue weighted by Gasteiger charge is -2.10. The average molecular weight is 268 g/mol. The maximum Gasteiger partial charge on any atom is 0.307 e. The van der Waals surface area contributed by atoms with Gasteiger partial charge in [0.05, 0.1) is 23.3 Å². The Balaban J connectivity index is 2.83. The maximum atomic E-state index is 11.7. The highest BCUT2D eigenvalue weighted by atomic mass is 32.2. The van der Waals surface area contributed by atoms with Gasteiger partial charge in [0, 0.05) is 5.69 Å². The van der Waals surface area contributed by atoms with Gasteiger partial charge in [0.2, 0.25) is 10.0 Å². The monoisotopic (exact) mass is 268 g/mol. The summed E-state index contributed by atoms with van der Waals surface area (Å²) in [5.41, 5.74) is 0.563. The highest BCUT2D eigenvalue weighted by Gasteiger charge is 2.20. The number of carboxylic acids is 1. The second kappa shape index (κ2) is 5.51. The number of anilines is 1. The lowest BCUT2D eigenvalue weighted by atomic mass is 10.2. The van der Waals surface area contributed by atoms with Gasteiger partial charge in [-0.15, -0.1) is 0 Å². The van der Waals surface area contributed by atoms with Crippen molar-refractivity contribution in [1.29, 1.82) is 5.26 Å². The van der Waals surface area contributed by atoms with Gasteiger partial charge in [-0.1, -0.05) is 13.0 Å². The first-order valence-corrected chi connectivity index (χ1v) is 6.73. The zero-order valence-electron chi connectivity index (χ0n) is 9.62. The number of rotatable bonds is 5. The second-order valence-electron chi connectivity index (χ2n) is 3.82. The zero-order valence-corrected chi connectivity index (χ0v) is 10.4. The smallest absolute Gasteiger partial charge is 0.307 e. The Morgan fingerprint density at radius 3 is 2.78 bits per heavy atom. The number of nitrogens with one attached hydrogen (secondary N) is 1. The quantitative estimate of drug-likeness (QED) is 0.829. The molecule has 6 nitrogen and oxygen atoms in total. The molecule has 1 aromatic rings. The third kappa shape index (κ3) is 4.07. The molecule has 0 aliphatic heterocycles. The zero-order chi connectivity index (χ0) is 13.8. The van der Waals surface area contributed by atoms with Crippen molar-refractivity contribution in [3.8, 4) is 6.07 Å². The van der Waals surface area contributed by atoms with Gasteiger partial charge >= 0.3 is 5.97 Å². The standard InChI is InChI=1S/C11H12N2O4S/c1-8(11(14)15)7-18(16,17)13-10-4-2-3-9(5-10)6-12/h2-5,8,13H,7H2,1H3,(H,14,15)/t8-/m0/s1. The van der Waals surface area contributed by atoms with Crippen LogP contribution in [0.15, 0.2) is 24.3 Å². The van der Waals surface area contributed by atoms with E-state index >= 15 is 0 Å². The van der Waals surface area contributed by atoms with Gasteiger partial charge in [-0.05, 0) is 18.2 Å². The number of nitrogens with zero attached hydrogens (tertiary/aromatic N) is 1. The molecule has 96 valence electrons. The van der Waals surface area contributed by atoms with Gasteiger partial charge in [0.25, 0.3) is 0 Å². The molecule has 0 aromatic heterocycles. The molecule has 7 heteroatoms. The Morgan fingerprint density at radius 1 is 1.56 bits per heavy atom. The molecule has 0 amide bonds. The van der Waals surface area contributed by atoms with Gasteiger partial charge in [-0.2, -0.15) is 5.26 Å². The molecule has 0 bridgehead atoms. The summed E-state index contributed by atoms with van der Waals surface area (Å²) in [6, 6.07) is 7.83. The summed E-state index contributed by atoms with van der Waals surface area (Å²) in [6.07, 6.45) is 0. The van der Waals surface area contributed by atoms with Crippen LogP contribution in [0.5, 0.6) is 0 Å². The molecule has 0 saturated carbocycles. The summed E-state index contributed by atoms with van der Waals surface area (Å²) >= 11 is 0. The maximum absolute atomic E-state index is 11.7. The van der Waals surface area contributed by atoms with Gasteiger partial charge in [0.15, 0.2) is 0 Å². The molecule has 0 heterocycles. The predicted molar refractivity (Wildman–Crippen MR) is 65.4 cm³/mol. The van der Waals surface area contributed by atoms with Crippen LogP contribution in [0.1, 0.15) is 12.5 Å². The Morgan fingerprint density at radius 2 is 2.22 bits per heavy atom. The van der Waals surface area contributed by atoms with Crippen LogP contribution >= 0.6 is 0 Å². The molecular weight excluding hydrogens is 256 g/mol. The summed E-state index contributed by atoms with van der Waals surface area (Å²) in [4.78, 5) is 10.6. The van der Waals surface area contributed by atoms with E-state index < -0.39 is 27.7 Å². The summed E-state index contributed by atoms with van der Waals surface area (Å²) in [5, 5.41) is 17.3. The van der Waals surface area contributed by atoms with Crippen LogP contribution in [-0.2, 0) is 14.8 Å². The molecule has 0 aliphatic rings. The first-order chi connectivity index (χ1) is 8.34. The topological polar surface area (TPSA) is 107 Å². The molecular formula is C11H12N2O4S. The van der Waals surface area contributed by atoms with Gasteiger partial charge in [-0.3, -0.25) is 9.52 Å². The van der Waals surface area contributed by atoms with Crippen molar-refractivity contribution in [2.24, 2.45) is 5.92 Å². The first kappa shape index (κ1) is 14.0. The minimum Gasteiger partial charge on any atom is -0.481 e. The van der Waals surface area contributed by atoms with E-state index in [0.717, 1.165) is 0 Å². The number of aliphatic carboxylic acids is 1. The van der Waals surface area contributed by atoms with E-state index in [1.165, 1.54) is 31.2 Å². The van der Waals surface area contributed by atoms with Crippen molar-refractivity contribution in [2.75, 3.05) is 10.5 Å². The SMILES string of the molecule is C[C@@H](CS(=O)(=O)Nc1cccc(C#N)c1)C(=O)O. The number of nitriles is 1. The van der Waals surface area contributed by atoms with Crippen molar-refractivity contribution in [3.63, 3.8) is 0 Å². The van der Waals surface area contributed by atoms with Crippen molar-refractivity contribution in [2.45, 2.75) is 6.92 Å². The fourth-order valence-corrected chi connectivity index (χ4v) is 2.64. The van der Waals surface area contributed by atoms with Gasteiger partial charge in [0.1, 0.15) is 0 Å². The molecule has 0 radical (unpaired) electrons. The van der Waals surface area contributed by atoms with E-state index in [9.17, 15) is 13.2 Å². The fourth-order valence-electron chi connectivity index (χ4n) is 1.27. The Kier molecular flexibility index (Phi) is 4.28. The van der Waals surface area contributed by atoms with E-state index in [1.807, 2.05) is 6.07 Å². The van der Waals surface area contributed by atoms with E-state index in [4.69, 9.17) is 10.4 Å². The third-order valence-electron chi connectivity index (χ3n) is 2.16. The lowest BCUT2D eigenvalue weighted by molar-refractivity contribution is -0.140. The van der Waals surface area contributed by atoms with Crippen molar-refractivity contribution < 1.29 is 18.3 Å². The van der Waals surface area contributed by atoms with Crippen LogP contribution in [0.4, 0.5) is 5.69 Å². The number of carboxylic acid groups (broad SMARTS) is 1. The summed E-state index contributed by atoms with van der Waals surface area (Å²) in [7, 11) is -3.74. The summed E-state index contributed by atoms with van der Waals surface area (Å²) < 4.78 is 25.6. The van der Waals surface area contributed by atoms with E-state index in [-0.39, 0.29) is 5.69 Å². The van der Waals surface area contributed by atoms with Crippen molar-refractivity contribution >= 4 is 21.7 Å². The van der Waals surface area contributed by atoms with Crippen LogP contribution < -0.4 is 4.72 Å². The second-order valence-corrected chi connectivity index (χ2v) is 5.58. The third-order valence-corrected chi connectivity index (χ3v) is 3.64. The van der Waals surface area contributed by atoms with E-state index in [1.54, 1.807) is 0 Å². The highest BCUT2D eigenvalue weighted by molar-refractivity contribution is 7.92. The molecule has 0 aliphatic carbocycles. The Bertz CT molecular complexity index is 589. The number of hydrogen-bond acceptors (Lipinski definition) is 4. The number of hydrogen-bond donors (Lipinski definition) is 2. The van der Waals surface area contributed by atoms with E-state index in [2.05, 4.69) is 4.72 Å². The summed E-state index contributed by atoms with van der Waals surface area (Å²) in [6.45, 7) is 1.31. The van der Waals surface area contributed by atoms with Gasteiger partial charge < -0.3 is 5.11 Å². The average Bonchev–Trinajstić information content (AvgIpc) is 2.27. The molecule has 0 spiro atoms. The van der Waals surface area contributed by atoms with Crippen LogP contribution in [-0.4, -0.2) is 25.2 Å². The molecule has 0 fully saturated rings. The largest absolute Gasteiger partial charge is 0.481 e. The van der Waals surface area contributed by atoms with Crippen LogP contribution in [0.25, 0.3) is 0 Å². The molecule has 1 aromatic carbocycles. The van der Waals surface area contributed by atoms with Gasteiger partial charge in [-0.25, -0.2) is 8.42 Å². The minimum absolute atomic E-state index is 0.242. The Hall–Kier alpha value is -2.07. The minimum atomic E-state index is -3.74. The molecule has 0 saturated heterocycles. The Labute approximate surface area is 105 Å². The van der Waals surface area contributed by atoms with Crippen LogP contribution in [0, 0.1) is 17.2 Å². The molecule has 1 atom stereocenters. The van der Waals surface area contributed by atoms with Crippen LogP contribution in [0.3, 0.4) is 0 Å². The van der Waals surface area contributed by atoms with E-state index in [0.29, 0.717) is 5.56 Å². The first-order valence-electron chi connectivity index (χ1n) is 5.07. The highest BCUT2D eigenvalue weighted by Crippen LogP contribution is 2.13. The van der Waals surface area contributed by atoms with Crippen molar-refractivity contribution in [3.05, 3.63) is 29.8 Å². The number of sulfonamides is 1. The van der Waals surface area contributed by atoms with Crippen LogP contribution in [0.2, 0.25) is 0 Å². The molecule has 1 rings (SSSR count). The summed E-state index contributed by atoms with van der Waals surface area (Å²) in [5.74, 6) is -2.69.